The zero-order valence-corrected chi connectivity index (χ0v) is 13.7. The van der Waals surface area contributed by atoms with Crippen molar-refractivity contribution in [1.82, 2.24) is 0 Å². The monoisotopic (exact) mass is 420 g/mol. The molecule has 0 fully saturated rings. The molecule has 0 rings (SSSR count). The number of nitrogens with zero attached hydrogens (tertiary/aromatic N) is 6. The van der Waals surface area contributed by atoms with Gasteiger partial charge >= 0.3 is 51.4 Å². The van der Waals surface area contributed by atoms with E-state index < -0.39 is 0 Å². The maximum atomic E-state index is 8.11. The first-order chi connectivity index (χ1) is 8.49. The van der Waals surface area contributed by atoms with Crippen LogP contribution in [0.15, 0.2) is 32.0 Å². The average Bonchev–Trinajstić information content (AvgIpc) is 2.23. The molecule has 0 aromatic carbocycles. The van der Waals surface area contributed by atoms with Gasteiger partial charge in [0.05, 0.1) is 0 Å². The van der Waals surface area contributed by atoms with Crippen LogP contribution in [0.2, 0.25) is 0 Å². The fourth-order valence-electron chi connectivity index (χ4n) is 0. The summed E-state index contributed by atoms with van der Waals surface area (Å²) >= 11 is 0. The first-order valence-electron chi connectivity index (χ1n) is 2.21. The summed E-state index contributed by atoms with van der Waals surface area (Å²) in [6.45, 7) is 0. The van der Waals surface area contributed by atoms with Crippen molar-refractivity contribution in [2.75, 3.05) is 0 Å². The summed E-state index contributed by atoms with van der Waals surface area (Å²) in [5.41, 5.74) is 0. The minimum absolute atomic E-state index is 0. The predicted molar refractivity (Wildman–Crippen MR) is 54.5 cm³/mol. The van der Waals surface area contributed by atoms with Gasteiger partial charge in [0.1, 0.15) is 0 Å². The van der Waals surface area contributed by atoms with Crippen molar-refractivity contribution in [2.24, 2.45) is 32.0 Å². The molecule has 20 heteroatoms. The molecular weight excluding hydrogens is 418 g/mol. The van der Waals surface area contributed by atoms with Crippen LogP contribution in [0, 0.1) is 55.5 Å². The molecule has 20 heavy (non-hydrogen) atoms. The van der Waals surface area contributed by atoms with Gasteiger partial charge in [-0.2, -0.15) is 0 Å². The van der Waals surface area contributed by atoms with E-state index in [1.54, 1.807) is 0 Å². The Morgan fingerprint density at radius 1 is 0.600 bits per heavy atom. The van der Waals surface area contributed by atoms with Crippen LogP contribution in [0.25, 0.3) is 0 Å². The molecule has 0 saturated heterocycles. The van der Waals surface area contributed by atoms with Crippen LogP contribution in [0.1, 0.15) is 1.43 Å². The first-order valence-corrected chi connectivity index (χ1v) is 2.21. The Labute approximate surface area is 163 Å². The van der Waals surface area contributed by atoms with Gasteiger partial charge in [-0.15, -0.1) is 31.6 Å². The molecule has 18 nitrogen and oxygen atoms in total. The van der Waals surface area contributed by atoms with Gasteiger partial charge in [0.2, 0.25) is 0 Å². The fraction of sp³-hybridized carbons (Fsp3) is 0. The van der Waals surface area contributed by atoms with E-state index in [2.05, 4.69) is 0 Å². The molecule has 1 radical (unpaired) electrons. The normalized spacial score (nSPS) is 3.60. The zero-order chi connectivity index (χ0) is 16.2. The van der Waals surface area contributed by atoms with E-state index >= 15 is 0 Å². The molecule has 0 aliphatic carbocycles. The molecule has 1 N–H and O–H groups in total. The zero-order valence-electron chi connectivity index (χ0n) is 9.95. The fourth-order valence-corrected chi connectivity index (χ4v) is 0. The second kappa shape index (κ2) is 226. The molecule has 0 aromatic heterocycles. The maximum absolute atomic E-state index is 8.11. The summed E-state index contributed by atoms with van der Waals surface area (Å²) in [6, 6.07) is 0. The molecule has 0 bridgehead atoms. The predicted octanol–water partition coefficient (Wildman–Crippen LogP) is -1.49. The maximum Gasteiger partial charge on any atom is 1.00 e. The van der Waals surface area contributed by atoms with Crippen LogP contribution in [-0.2, 0) is 19.5 Å². The van der Waals surface area contributed by atoms with Gasteiger partial charge in [-0.1, -0.05) is 0 Å². The van der Waals surface area contributed by atoms with Crippen LogP contribution in [0.4, 0.5) is 0 Å². The Morgan fingerprint density at radius 3 is 0.600 bits per heavy atom. The Hall–Kier alpha value is -1.34. The molecule has 0 saturated carbocycles. The molecule has 0 atom stereocenters. The molecule has 0 aliphatic rings. The van der Waals surface area contributed by atoms with Crippen LogP contribution in [0.3, 0.4) is 0 Å². The summed E-state index contributed by atoms with van der Waals surface area (Å²) < 4.78 is 0. The second-order valence-corrected chi connectivity index (χ2v) is 0.454. The van der Waals surface area contributed by atoms with Crippen molar-refractivity contribution < 1.29 is 77.5 Å². The van der Waals surface area contributed by atoms with Crippen molar-refractivity contribution in [1.29, 1.82) is 0 Å². The van der Waals surface area contributed by atoms with Crippen LogP contribution < -0.4 is 51.4 Å². The standard InChI is InChI=1S/K.6HNO2.Rh.H/c;6*2-1-3;;/h;6*(H,2,3);;/q+1;;;;;;;;-1/p-5. The quantitative estimate of drug-likeness (QED) is 0.266. The van der Waals surface area contributed by atoms with Gasteiger partial charge in [0, 0.05) is 19.5 Å². The minimum atomic E-state index is 0. The van der Waals surface area contributed by atoms with Crippen molar-refractivity contribution in [3.63, 3.8) is 0 Å². The smallest absolute Gasteiger partial charge is 1.00 e. The second-order valence-electron chi connectivity index (χ2n) is 0.454. The van der Waals surface area contributed by atoms with Crippen LogP contribution in [-0.4, -0.2) is 5.21 Å². The third-order valence-electron chi connectivity index (χ3n) is 0. The summed E-state index contributed by atoms with van der Waals surface area (Å²) in [7, 11) is 0. The van der Waals surface area contributed by atoms with Gasteiger partial charge in [0.25, 0.3) is 0 Å². The van der Waals surface area contributed by atoms with Crippen molar-refractivity contribution in [2.45, 2.75) is 0 Å². The Morgan fingerprint density at radius 2 is 0.600 bits per heavy atom. The van der Waals surface area contributed by atoms with E-state index in [1.807, 2.05) is 0 Å². The molecule has 119 valence electrons. The summed E-state index contributed by atoms with van der Waals surface area (Å²) in [4.78, 5) is 48.1. The molecular formula is H2KN6O12Rh-5. The number of rotatable bonds is 0. The van der Waals surface area contributed by atoms with E-state index in [0.29, 0.717) is 0 Å². The van der Waals surface area contributed by atoms with E-state index in [9.17, 15) is 0 Å². The third-order valence-corrected chi connectivity index (χ3v) is 0. The molecule has 0 aromatic rings. The van der Waals surface area contributed by atoms with E-state index in [1.165, 1.54) is 5.34 Å². The molecule has 0 aliphatic heterocycles. The van der Waals surface area contributed by atoms with E-state index in [-0.39, 0.29) is 72.3 Å². The molecule has 0 amide bonds. The van der Waals surface area contributed by atoms with Crippen molar-refractivity contribution >= 4 is 0 Å². The largest absolute Gasteiger partial charge is 1.00 e. The van der Waals surface area contributed by atoms with Crippen molar-refractivity contribution in [3.05, 3.63) is 55.5 Å². The Bertz CT molecular complexity index is 125. The average molecular weight is 420 g/mol. The van der Waals surface area contributed by atoms with Gasteiger partial charge in [-0.25, -0.2) is 0 Å². The van der Waals surface area contributed by atoms with Gasteiger partial charge < -0.3 is 57.2 Å². The summed E-state index contributed by atoms with van der Waals surface area (Å²) in [5, 5.41) is 52.9. The van der Waals surface area contributed by atoms with Gasteiger partial charge in [-0.3, -0.25) is 0 Å². The van der Waals surface area contributed by atoms with E-state index in [0.717, 1.165) is 26.7 Å². The van der Waals surface area contributed by atoms with Crippen LogP contribution in [0.5, 0.6) is 0 Å². The Balaban J connectivity index is -0.0000000114. The van der Waals surface area contributed by atoms with Gasteiger partial charge in [-0.05, 0) is 0 Å². The molecule has 0 heterocycles. The minimum Gasteiger partial charge on any atom is -1.00 e. The Kier molecular flexibility index (Phi) is 578. The third kappa shape index (κ3) is 2270. The van der Waals surface area contributed by atoms with Gasteiger partial charge in [0.15, 0.2) is 5.34 Å². The number of hydrogen-bond donors (Lipinski definition) is 1. The molecule has 0 spiro atoms. The number of hydrogen-bond acceptors (Lipinski definition) is 17. The van der Waals surface area contributed by atoms with Crippen LogP contribution >= 0.6 is 0 Å². The SMILES string of the molecule is O=NO.O=N[O-].O=N[O-].O=N[O-].O=N[O-].O=N[O-].[H-].[K+].[Rh]. The topological polar surface area (TPSA) is 312 Å². The van der Waals surface area contributed by atoms with Crippen molar-refractivity contribution in [3.8, 4) is 0 Å². The summed E-state index contributed by atoms with van der Waals surface area (Å²) in [5.74, 6) is 0. The summed E-state index contributed by atoms with van der Waals surface area (Å²) in [6.07, 6.45) is 0. The van der Waals surface area contributed by atoms with E-state index in [4.69, 9.17) is 60.7 Å². The first kappa shape index (κ1) is 51.2. The molecule has 0 unspecified atom stereocenters.